The predicted octanol–water partition coefficient (Wildman–Crippen LogP) is 3.85. The monoisotopic (exact) mass is 384 g/mol. The lowest BCUT2D eigenvalue weighted by Gasteiger charge is -2.48. The molecule has 1 heterocycles. The predicted molar refractivity (Wildman–Crippen MR) is 105 cm³/mol. The van der Waals surface area contributed by atoms with Crippen molar-refractivity contribution < 1.29 is 14.3 Å². The van der Waals surface area contributed by atoms with Gasteiger partial charge < -0.3 is 15.0 Å². The van der Waals surface area contributed by atoms with Crippen molar-refractivity contribution in [2.24, 2.45) is 0 Å². The first-order chi connectivity index (χ1) is 13.0. The topological polar surface area (TPSA) is 58.6 Å². The Morgan fingerprint density at radius 3 is 2.48 bits per heavy atom. The van der Waals surface area contributed by atoms with Crippen molar-refractivity contribution >= 4 is 29.2 Å². The summed E-state index contributed by atoms with van der Waals surface area (Å²) < 4.78 is 4.92. The summed E-state index contributed by atoms with van der Waals surface area (Å²) in [6.07, 6.45) is 1.36. The number of esters is 1. The number of nitrogens with one attached hydrogen (secondary N) is 1. The number of benzene rings is 2. The molecule has 0 spiro atoms. The second kappa shape index (κ2) is 8.27. The average molecular weight is 385 g/mol. The molecule has 0 unspecified atom stereocenters. The third-order valence-electron chi connectivity index (χ3n) is 4.35. The molecule has 1 N–H and O–H groups in total. The van der Waals surface area contributed by atoms with Gasteiger partial charge in [0.25, 0.3) is 5.91 Å². The summed E-state index contributed by atoms with van der Waals surface area (Å²) in [5, 5.41) is 3.77. The van der Waals surface area contributed by atoms with E-state index in [2.05, 4.69) is 5.32 Å². The molecule has 140 valence electrons. The molecule has 1 amide bonds. The first kappa shape index (κ1) is 19.0. The first-order valence-electron chi connectivity index (χ1n) is 8.76. The Balaban J connectivity index is 1.86. The Kier molecular flexibility index (Phi) is 5.81. The minimum absolute atomic E-state index is 0.0669. The number of β-lactam (4-membered cyclic amide) rings is 1. The van der Waals surface area contributed by atoms with Crippen molar-refractivity contribution in [1.82, 2.24) is 5.32 Å². The highest BCUT2D eigenvalue weighted by atomic mass is 35.5. The second-order valence-corrected chi connectivity index (χ2v) is 6.68. The van der Waals surface area contributed by atoms with E-state index in [0.29, 0.717) is 17.3 Å². The van der Waals surface area contributed by atoms with Crippen LogP contribution in [0.25, 0.3) is 0 Å². The van der Waals surface area contributed by atoms with Gasteiger partial charge in [-0.3, -0.25) is 4.79 Å². The van der Waals surface area contributed by atoms with Crippen LogP contribution in [-0.4, -0.2) is 24.5 Å². The van der Waals surface area contributed by atoms with E-state index in [4.69, 9.17) is 16.3 Å². The number of carbonyl (C=O) groups is 2. The molecule has 27 heavy (non-hydrogen) atoms. The lowest BCUT2D eigenvalue weighted by Crippen LogP contribution is -2.64. The zero-order valence-corrected chi connectivity index (χ0v) is 15.9. The number of ether oxygens (including phenoxy) is 1. The SMILES string of the molecule is CCOC(=O)C=C(C)N[C@H]1C(=O)N(c2ccc(Cl)cc2)[C@H]1c1ccccc1. The fourth-order valence-electron chi connectivity index (χ4n) is 3.16. The molecule has 0 aliphatic carbocycles. The van der Waals surface area contributed by atoms with Gasteiger partial charge in [0.1, 0.15) is 6.04 Å². The van der Waals surface area contributed by atoms with Gasteiger partial charge in [-0.2, -0.15) is 0 Å². The van der Waals surface area contributed by atoms with Crippen LogP contribution in [0.2, 0.25) is 5.02 Å². The van der Waals surface area contributed by atoms with E-state index in [9.17, 15) is 9.59 Å². The molecule has 1 aliphatic rings. The molecule has 1 aliphatic heterocycles. The maximum Gasteiger partial charge on any atom is 0.332 e. The highest BCUT2D eigenvalue weighted by molar-refractivity contribution is 6.30. The van der Waals surface area contributed by atoms with E-state index in [1.54, 1.807) is 30.9 Å². The Hall–Kier alpha value is -2.79. The molecule has 0 bridgehead atoms. The van der Waals surface area contributed by atoms with Crippen LogP contribution in [0.4, 0.5) is 5.69 Å². The summed E-state index contributed by atoms with van der Waals surface area (Å²) in [5.41, 5.74) is 2.38. The lowest BCUT2D eigenvalue weighted by molar-refractivity contribution is -0.137. The summed E-state index contributed by atoms with van der Waals surface area (Å²) in [7, 11) is 0. The van der Waals surface area contributed by atoms with Crippen molar-refractivity contribution in [1.29, 1.82) is 0 Å². The number of carbonyl (C=O) groups excluding carboxylic acids is 2. The second-order valence-electron chi connectivity index (χ2n) is 6.24. The van der Waals surface area contributed by atoms with Crippen molar-refractivity contribution in [2.75, 3.05) is 11.5 Å². The molecule has 6 heteroatoms. The van der Waals surface area contributed by atoms with Gasteiger partial charge in [0, 0.05) is 22.5 Å². The summed E-state index contributed by atoms with van der Waals surface area (Å²) >= 11 is 5.97. The smallest absolute Gasteiger partial charge is 0.332 e. The zero-order valence-electron chi connectivity index (χ0n) is 15.2. The number of hydrogen-bond acceptors (Lipinski definition) is 4. The Labute approximate surface area is 163 Å². The van der Waals surface area contributed by atoms with E-state index < -0.39 is 12.0 Å². The number of allylic oxidation sites excluding steroid dienone is 1. The molecule has 5 nitrogen and oxygen atoms in total. The van der Waals surface area contributed by atoms with Crippen LogP contribution in [0.5, 0.6) is 0 Å². The lowest BCUT2D eigenvalue weighted by atomic mass is 9.87. The van der Waals surface area contributed by atoms with Crippen LogP contribution in [0, 0.1) is 0 Å². The maximum atomic E-state index is 12.9. The van der Waals surface area contributed by atoms with Gasteiger partial charge in [-0.25, -0.2) is 4.79 Å². The fraction of sp³-hybridized carbons (Fsp3) is 0.238. The first-order valence-corrected chi connectivity index (χ1v) is 9.14. The summed E-state index contributed by atoms with van der Waals surface area (Å²) in [6.45, 7) is 3.80. The van der Waals surface area contributed by atoms with Gasteiger partial charge in [0.15, 0.2) is 0 Å². The number of amides is 1. The minimum atomic E-state index is -0.464. The van der Waals surface area contributed by atoms with Crippen LogP contribution in [0.15, 0.2) is 66.4 Å². The van der Waals surface area contributed by atoms with Gasteiger partial charge in [-0.05, 0) is 43.7 Å². The number of rotatable bonds is 6. The van der Waals surface area contributed by atoms with Crippen LogP contribution in [-0.2, 0) is 14.3 Å². The maximum absolute atomic E-state index is 12.9. The fourth-order valence-corrected chi connectivity index (χ4v) is 3.28. The van der Waals surface area contributed by atoms with E-state index in [1.165, 1.54) is 6.08 Å². The standard InChI is InChI=1S/C21H21ClN2O3/c1-3-27-18(25)13-14(2)23-19-20(15-7-5-4-6-8-15)24(21(19)26)17-11-9-16(22)10-12-17/h4-13,19-20,23H,3H2,1-2H3/t19-,20+/m1/s1. The summed E-state index contributed by atoms with van der Waals surface area (Å²) in [4.78, 5) is 26.2. The number of nitrogens with zero attached hydrogens (tertiary/aromatic N) is 1. The van der Waals surface area contributed by atoms with Crippen LogP contribution < -0.4 is 10.2 Å². The van der Waals surface area contributed by atoms with E-state index in [-0.39, 0.29) is 11.9 Å². The van der Waals surface area contributed by atoms with Crippen molar-refractivity contribution in [3.05, 3.63) is 77.0 Å². The molecule has 1 saturated heterocycles. The third-order valence-corrected chi connectivity index (χ3v) is 4.60. The zero-order chi connectivity index (χ0) is 19.4. The van der Waals surface area contributed by atoms with Gasteiger partial charge in [-0.15, -0.1) is 0 Å². The Morgan fingerprint density at radius 2 is 1.85 bits per heavy atom. The van der Waals surface area contributed by atoms with Crippen molar-refractivity contribution in [3.63, 3.8) is 0 Å². The quantitative estimate of drug-likeness (QED) is 0.467. The highest BCUT2D eigenvalue weighted by Crippen LogP contribution is 2.39. The Morgan fingerprint density at radius 1 is 1.19 bits per heavy atom. The minimum Gasteiger partial charge on any atom is -0.463 e. The third kappa shape index (κ3) is 4.14. The molecule has 2 aromatic rings. The van der Waals surface area contributed by atoms with E-state index in [0.717, 1.165) is 11.3 Å². The molecule has 0 aromatic heterocycles. The number of halogens is 1. The molecule has 0 radical (unpaired) electrons. The van der Waals surface area contributed by atoms with Crippen molar-refractivity contribution in [2.45, 2.75) is 25.9 Å². The molecule has 2 aromatic carbocycles. The number of anilines is 1. The molecule has 2 atom stereocenters. The molecular formula is C21H21ClN2O3. The van der Waals surface area contributed by atoms with E-state index >= 15 is 0 Å². The van der Waals surface area contributed by atoms with Crippen LogP contribution >= 0.6 is 11.6 Å². The van der Waals surface area contributed by atoms with E-state index in [1.807, 2.05) is 42.5 Å². The molecule has 0 saturated carbocycles. The van der Waals surface area contributed by atoms with Crippen molar-refractivity contribution in [3.8, 4) is 0 Å². The van der Waals surface area contributed by atoms with Crippen LogP contribution in [0.1, 0.15) is 25.5 Å². The normalized spacial score (nSPS) is 19.4. The van der Waals surface area contributed by atoms with Gasteiger partial charge >= 0.3 is 5.97 Å². The Bertz CT molecular complexity index is 849. The molecular weight excluding hydrogens is 364 g/mol. The largest absolute Gasteiger partial charge is 0.463 e. The van der Waals surface area contributed by atoms with Gasteiger partial charge in [0.2, 0.25) is 0 Å². The molecule has 3 rings (SSSR count). The number of hydrogen-bond donors (Lipinski definition) is 1. The summed E-state index contributed by atoms with van der Waals surface area (Å²) in [6, 6.07) is 16.3. The van der Waals surface area contributed by atoms with Gasteiger partial charge in [-0.1, -0.05) is 41.9 Å². The van der Waals surface area contributed by atoms with Crippen LogP contribution in [0.3, 0.4) is 0 Å². The molecule has 1 fully saturated rings. The van der Waals surface area contributed by atoms with Gasteiger partial charge in [0.05, 0.1) is 12.6 Å². The average Bonchev–Trinajstić information content (AvgIpc) is 2.66. The summed E-state index contributed by atoms with van der Waals surface area (Å²) in [5.74, 6) is -0.497. The highest BCUT2D eigenvalue weighted by Gasteiger charge is 2.48.